The molecule has 3 rings (SSSR count). The summed E-state index contributed by atoms with van der Waals surface area (Å²) in [4.78, 5) is 12.4. The van der Waals surface area contributed by atoms with Crippen LogP contribution in [0.2, 0.25) is 10.0 Å². The highest BCUT2D eigenvalue weighted by molar-refractivity contribution is 6.35. The first-order valence-corrected chi connectivity index (χ1v) is 9.28. The number of aryl methyl sites for hydroxylation is 1. The highest BCUT2D eigenvalue weighted by Gasteiger charge is 2.08. The van der Waals surface area contributed by atoms with Crippen LogP contribution in [0.5, 0.6) is 5.75 Å². The molecular weight excluding hydrogens is 385 g/mol. The van der Waals surface area contributed by atoms with Crippen LogP contribution in [-0.4, -0.2) is 15.7 Å². The Kier molecular flexibility index (Phi) is 6.37. The molecule has 27 heavy (non-hydrogen) atoms. The molecule has 0 radical (unpaired) electrons. The Labute approximate surface area is 167 Å². The second-order valence-corrected chi connectivity index (χ2v) is 6.75. The Morgan fingerprint density at radius 3 is 2.78 bits per heavy atom. The summed E-state index contributed by atoms with van der Waals surface area (Å²) in [6.45, 7) is 3.49. The number of hydrogen-bond donors (Lipinski definition) is 1. The van der Waals surface area contributed by atoms with Crippen LogP contribution in [0.1, 0.15) is 28.5 Å². The molecule has 1 amide bonds. The van der Waals surface area contributed by atoms with Crippen molar-refractivity contribution in [1.29, 1.82) is 0 Å². The number of ether oxygens (including phenoxy) is 1. The summed E-state index contributed by atoms with van der Waals surface area (Å²) in [7, 11) is 0. The Balaban J connectivity index is 1.59. The highest BCUT2D eigenvalue weighted by atomic mass is 35.5. The summed E-state index contributed by atoms with van der Waals surface area (Å²) < 4.78 is 7.54. The second kappa shape index (κ2) is 8.93. The third-order valence-electron chi connectivity index (χ3n) is 3.93. The van der Waals surface area contributed by atoms with E-state index in [2.05, 4.69) is 10.4 Å². The summed E-state index contributed by atoms with van der Waals surface area (Å²) >= 11 is 12.0. The molecule has 5 nitrogen and oxygen atoms in total. The number of carbonyl (C=O) groups excluding carboxylic acids is 1. The fourth-order valence-corrected chi connectivity index (χ4v) is 2.97. The first-order valence-electron chi connectivity index (χ1n) is 8.52. The molecule has 0 saturated heterocycles. The van der Waals surface area contributed by atoms with E-state index >= 15 is 0 Å². The molecule has 0 unspecified atom stereocenters. The van der Waals surface area contributed by atoms with E-state index in [9.17, 15) is 4.79 Å². The number of hydrogen-bond acceptors (Lipinski definition) is 3. The molecule has 0 aliphatic rings. The molecule has 0 saturated carbocycles. The van der Waals surface area contributed by atoms with E-state index in [0.29, 0.717) is 34.5 Å². The minimum absolute atomic E-state index is 0.160. The van der Waals surface area contributed by atoms with Crippen molar-refractivity contribution < 1.29 is 9.53 Å². The van der Waals surface area contributed by atoms with Crippen molar-refractivity contribution in [2.45, 2.75) is 26.6 Å². The minimum Gasteiger partial charge on any atom is -0.487 e. The molecule has 0 aliphatic carbocycles. The quantitative estimate of drug-likeness (QED) is 0.620. The van der Waals surface area contributed by atoms with E-state index < -0.39 is 0 Å². The van der Waals surface area contributed by atoms with E-state index in [0.717, 1.165) is 17.8 Å². The van der Waals surface area contributed by atoms with Crippen molar-refractivity contribution in [1.82, 2.24) is 15.1 Å². The number of amides is 1. The van der Waals surface area contributed by atoms with Crippen molar-refractivity contribution in [3.63, 3.8) is 0 Å². The molecule has 140 valence electrons. The SMILES string of the molecule is CCn1ccc(CNC(=O)c2cccc(COc3ccc(Cl)cc3Cl)c2)n1. The number of nitrogens with one attached hydrogen (secondary N) is 1. The topological polar surface area (TPSA) is 56.2 Å². The molecule has 2 aromatic carbocycles. The number of halogens is 2. The first-order chi connectivity index (χ1) is 13.0. The summed E-state index contributed by atoms with van der Waals surface area (Å²) in [5.41, 5.74) is 2.25. The van der Waals surface area contributed by atoms with Gasteiger partial charge in [0.25, 0.3) is 5.91 Å². The molecule has 7 heteroatoms. The number of benzene rings is 2. The van der Waals surface area contributed by atoms with Crippen LogP contribution in [0.3, 0.4) is 0 Å². The van der Waals surface area contributed by atoms with Crippen molar-refractivity contribution in [3.05, 3.63) is 81.6 Å². The van der Waals surface area contributed by atoms with Gasteiger partial charge in [-0.25, -0.2) is 0 Å². The molecule has 0 atom stereocenters. The third-order valence-corrected chi connectivity index (χ3v) is 4.46. The van der Waals surface area contributed by atoms with Gasteiger partial charge in [0.1, 0.15) is 12.4 Å². The summed E-state index contributed by atoms with van der Waals surface area (Å²) in [6.07, 6.45) is 1.89. The molecule has 1 aromatic heterocycles. The van der Waals surface area contributed by atoms with Crippen LogP contribution >= 0.6 is 23.2 Å². The molecule has 1 N–H and O–H groups in total. The lowest BCUT2D eigenvalue weighted by molar-refractivity contribution is 0.0950. The fourth-order valence-electron chi connectivity index (χ4n) is 2.50. The van der Waals surface area contributed by atoms with Crippen molar-refractivity contribution >= 4 is 29.1 Å². The third kappa shape index (κ3) is 5.25. The fraction of sp³-hybridized carbons (Fsp3) is 0.200. The van der Waals surface area contributed by atoms with E-state index in [1.807, 2.05) is 36.0 Å². The second-order valence-electron chi connectivity index (χ2n) is 5.91. The van der Waals surface area contributed by atoms with Gasteiger partial charge in [0.15, 0.2) is 0 Å². The predicted molar refractivity (Wildman–Crippen MR) is 106 cm³/mol. The number of aromatic nitrogens is 2. The smallest absolute Gasteiger partial charge is 0.251 e. The highest BCUT2D eigenvalue weighted by Crippen LogP contribution is 2.28. The zero-order chi connectivity index (χ0) is 19.2. The summed E-state index contributed by atoms with van der Waals surface area (Å²) in [6, 6.07) is 14.2. The average molecular weight is 404 g/mol. The van der Waals surface area contributed by atoms with E-state index in [-0.39, 0.29) is 5.91 Å². The molecular formula is C20H19Cl2N3O2. The van der Waals surface area contributed by atoms with Gasteiger partial charge in [-0.1, -0.05) is 35.3 Å². The lowest BCUT2D eigenvalue weighted by atomic mass is 10.1. The largest absolute Gasteiger partial charge is 0.487 e. The van der Waals surface area contributed by atoms with Crippen LogP contribution in [0, 0.1) is 0 Å². The van der Waals surface area contributed by atoms with Gasteiger partial charge in [-0.05, 0) is 48.9 Å². The van der Waals surface area contributed by atoms with Crippen LogP contribution < -0.4 is 10.1 Å². The Morgan fingerprint density at radius 2 is 2.04 bits per heavy atom. The van der Waals surface area contributed by atoms with Gasteiger partial charge >= 0.3 is 0 Å². The minimum atomic E-state index is -0.160. The molecule has 0 fully saturated rings. The zero-order valence-electron chi connectivity index (χ0n) is 14.8. The zero-order valence-corrected chi connectivity index (χ0v) is 16.3. The van der Waals surface area contributed by atoms with Gasteiger partial charge in [0, 0.05) is 23.3 Å². The number of carbonyl (C=O) groups is 1. The van der Waals surface area contributed by atoms with Crippen molar-refractivity contribution in [2.24, 2.45) is 0 Å². The van der Waals surface area contributed by atoms with Crippen molar-refractivity contribution in [3.8, 4) is 5.75 Å². The van der Waals surface area contributed by atoms with Crippen molar-refractivity contribution in [2.75, 3.05) is 0 Å². The average Bonchev–Trinajstić information content (AvgIpc) is 3.14. The van der Waals surface area contributed by atoms with Gasteiger partial charge in [-0.3, -0.25) is 9.48 Å². The van der Waals surface area contributed by atoms with E-state index in [4.69, 9.17) is 27.9 Å². The number of nitrogens with zero attached hydrogens (tertiary/aromatic N) is 2. The van der Waals surface area contributed by atoms with Gasteiger partial charge in [-0.2, -0.15) is 5.10 Å². The maximum atomic E-state index is 12.4. The Morgan fingerprint density at radius 1 is 1.19 bits per heavy atom. The molecule has 0 bridgehead atoms. The summed E-state index contributed by atoms with van der Waals surface area (Å²) in [5, 5.41) is 8.22. The standard InChI is InChI=1S/C20H19Cl2N3O2/c1-2-25-9-8-17(24-25)12-23-20(26)15-5-3-4-14(10-15)13-27-19-7-6-16(21)11-18(19)22/h3-11H,2,12-13H2,1H3,(H,23,26). The van der Waals surface area contributed by atoms with E-state index in [1.54, 1.807) is 30.3 Å². The van der Waals surface area contributed by atoms with E-state index in [1.165, 1.54) is 0 Å². The van der Waals surface area contributed by atoms with Crippen LogP contribution in [0.25, 0.3) is 0 Å². The van der Waals surface area contributed by atoms with Gasteiger partial charge in [0.05, 0.1) is 17.3 Å². The van der Waals surface area contributed by atoms with Gasteiger partial charge in [0.2, 0.25) is 0 Å². The molecule has 0 spiro atoms. The normalized spacial score (nSPS) is 10.6. The lowest BCUT2D eigenvalue weighted by Crippen LogP contribution is -2.23. The monoisotopic (exact) mass is 403 g/mol. The molecule has 0 aliphatic heterocycles. The Hall–Kier alpha value is -2.50. The first kappa shape index (κ1) is 19.3. The van der Waals surface area contributed by atoms with Gasteiger partial charge in [-0.15, -0.1) is 0 Å². The maximum Gasteiger partial charge on any atom is 0.251 e. The number of rotatable bonds is 7. The maximum absolute atomic E-state index is 12.4. The molecule has 1 heterocycles. The lowest BCUT2D eigenvalue weighted by Gasteiger charge is -2.10. The molecule has 3 aromatic rings. The van der Waals surface area contributed by atoms with Crippen LogP contribution in [-0.2, 0) is 19.7 Å². The Bertz CT molecular complexity index is 940. The van der Waals surface area contributed by atoms with Gasteiger partial charge < -0.3 is 10.1 Å². The van der Waals surface area contributed by atoms with Crippen LogP contribution in [0.15, 0.2) is 54.7 Å². The van der Waals surface area contributed by atoms with Crippen LogP contribution in [0.4, 0.5) is 0 Å². The summed E-state index contributed by atoms with van der Waals surface area (Å²) in [5.74, 6) is 0.384. The predicted octanol–water partition coefficient (Wildman–Crippen LogP) is 4.72.